The predicted molar refractivity (Wildman–Crippen MR) is 119 cm³/mol. The molecule has 5 rings (SSSR count). The van der Waals surface area contributed by atoms with Gasteiger partial charge in [0.1, 0.15) is 11.5 Å². The summed E-state index contributed by atoms with van der Waals surface area (Å²) < 4.78 is 17.5. The van der Waals surface area contributed by atoms with Gasteiger partial charge >= 0.3 is 0 Å². The van der Waals surface area contributed by atoms with Crippen LogP contribution in [0.1, 0.15) is 27.9 Å². The second-order valence-corrected chi connectivity index (χ2v) is 7.55. The minimum absolute atomic E-state index is 0.0614. The van der Waals surface area contributed by atoms with Gasteiger partial charge in [-0.1, -0.05) is 18.2 Å². The van der Waals surface area contributed by atoms with Crippen molar-refractivity contribution in [1.82, 2.24) is 5.32 Å². The van der Waals surface area contributed by atoms with Gasteiger partial charge in [0.15, 0.2) is 17.3 Å². The van der Waals surface area contributed by atoms with Crippen molar-refractivity contribution in [3.63, 3.8) is 0 Å². The second kappa shape index (κ2) is 8.56. The number of benzene rings is 3. The zero-order valence-electron chi connectivity index (χ0n) is 17.1. The minimum Gasteiger partial charge on any atom is -0.490 e. The van der Waals surface area contributed by atoms with E-state index in [1.165, 1.54) is 0 Å². The monoisotopic (exact) mass is 413 g/mol. The Labute approximate surface area is 181 Å². The summed E-state index contributed by atoms with van der Waals surface area (Å²) >= 11 is 0. The van der Waals surface area contributed by atoms with Gasteiger partial charge in [0.05, 0.1) is 13.2 Å². The number of carbonyl (C=O) groups is 1. The van der Waals surface area contributed by atoms with E-state index in [1.54, 1.807) is 18.2 Å². The van der Waals surface area contributed by atoms with Crippen LogP contribution in [0.15, 0.2) is 72.8 Å². The maximum absolute atomic E-state index is 12.9. The Morgan fingerprint density at radius 1 is 0.903 bits per heavy atom. The molecule has 0 amide bonds. The Morgan fingerprint density at radius 2 is 1.61 bits per heavy atom. The van der Waals surface area contributed by atoms with Gasteiger partial charge in [-0.15, -0.1) is 0 Å². The second-order valence-electron chi connectivity index (χ2n) is 7.55. The lowest BCUT2D eigenvalue weighted by molar-refractivity contribution is 0.104. The number of ketones is 1. The largest absolute Gasteiger partial charge is 0.490 e. The zero-order valence-corrected chi connectivity index (χ0v) is 17.1. The number of nitrogens with one attached hydrogen (secondary N) is 1. The Bertz CT molecular complexity index is 1120. The summed E-state index contributed by atoms with van der Waals surface area (Å²) in [4.78, 5) is 12.9. The normalized spacial score (nSPS) is 16.1. The van der Waals surface area contributed by atoms with Crippen molar-refractivity contribution in [3.05, 3.63) is 89.5 Å². The summed E-state index contributed by atoms with van der Waals surface area (Å²) in [5.74, 6) is 2.92. The van der Waals surface area contributed by atoms with Gasteiger partial charge in [-0.2, -0.15) is 0 Å². The highest BCUT2D eigenvalue weighted by molar-refractivity contribution is 6.08. The average molecular weight is 413 g/mol. The number of rotatable bonds is 4. The van der Waals surface area contributed by atoms with E-state index in [0.29, 0.717) is 24.5 Å². The molecule has 0 unspecified atom stereocenters. The van der Waals surface area contributed by atoms with Gasteiger partial charge in [0, 0.05) is 35.9 Å². The molecule has 156 valence electrons. The summed E-state index contributed by atoms with van der Waals surface area (Å²) in [6, 6.07) is 20.8. The Morgan fingerprint density at radius 3 is 2.39 bits per heavy atom. The van der Waals surface area contributed by atoms with Crippen molar-refractivity contribution in [1.29, 1.82) is 0 Å². The molecule has 3 aromatic rings. The average Bonchev–Trinajstić information content (AvgIpc) is 3.04. The lowest BCUT2D eigenvalue weighted by atomic mass is 9.95. The van der Waals surface area contributed by atoms with Gasteiger partial charge in [-0.25, -0.2) is 0 Å². The van der Waals surface area contributed by atoms with Gasteiger partial charge in [0.2, 0.25) is 0 Å². The molecule has 0 fully saturated rings. The van der Waals surface area contributed by atoms with E-state index in [2.05, 4.69) is 5.32 Å². The van der Waals surface area contributed by atoms with E-state index in [0.717, 1.165) is 53.5 Å². The fraction of sp³-hybridized carbons (Fsp3) is 0.192. The van der Waals surface area contributed by atoms with Gasteiger partial charge in [-0.05, 0) is 60.5 Å². The zero-order chi connectivity index (χ0) is 21.0. The van der Waals surface area contributed by atoms with Crippen LogP contribution in [0.4, 0.5) is 0 Å². The van der Waals surface area contributed by atoms with Crippen molar-refractivity contribution in [2.45, 2.75) is 12.8 Å². The molecule has 0 saturated carbocycles. The third-order valence-corrected chi connectivity index (χ3v) is 5.37. The molecule has 5 nitrogen and oxygen atoms in total. The fourth-order valence-corrected chi connectivity index (χ4v) is 3.79. The van der Waals surface area contributed by atoms with Crippen LogP contribution < -0.4 is 19.5 Å². The number of carbonyl (C=O) groups excluding carboxylic acids is 1. The number of ether oxygens (including phenoxy) is 3. The van der Waals surface area contributed by atoms with Gasteiger partial charge in [0.25, 0.3) is 0 Å². The van der Waals surface area contributed by atoms with Crippen LogP contribution in [0.2, 0.25) is 0 Å². The van der Waals surface area contributed by atoms with E-state index in [-0.39, 0.29) is 5.78 Å². The topological polar surface area (TPSA) is 56.8 Å². The molecule has 0 radical (unpaired) electrons. The summed E-state index contributed by atoms with van der Waals surface area (Å²) in [7, 11) is 0. The standard InChI is InChI=1S/C26H23NO4/c28-24(18-7-9-21(10-8-18)31-20-5-2-1-3-6-20)17-23-22-16-26-25(29-13-4-14-30-26)15-19(22)11-12-27-23/h1-3,5-10,15-17,27H,4,11-14H2/b23-17+. The number of hydrogen-bond donors (Lipinski definition) is 1. The fourth-order valence-electron chi connectivity index (χ4n) is 3.79. The van der Waals surface area contributed by atoms with E-state index in [4.69, 9.17) is 14.2 Å². The van der Waals surface area contributed by atoms with Crippen LogP contribution in [0.5, 0.6) is 23.0 Å². The van der Waals surface area contributed by atoms with Gasteiger partial charge in [-0.3, -0.25) is 4.79 Å². The Balaban J connectivity index is 1.37. The SMILES string of the molecule is O=C(/C=C1/NCCc2cc3c(cc21)OCCCO3)c1ccc(Oc2ccccc2)cc1. The molecule has 0 aromatic heterocycles. The molecule has 0 atom stereocenters. The molecule has 5 heteroatoms. The van der Waals surface area contributed by atoms with Crippen LogP contribution in [-0.2, 0) is 6.42 Å². The van der Waals surface area contributed by atoms with Crippen molar-refractivity contribution in [2.24, 2.45) is 0 Å². The molecule has 0 spiro atoms. The van der Waals surface area contributed by atoms with Crippen molar-refractivity contribution < 1.29 is 19.0 Å². The van der Waals surface area contributed by atoms with E-state index in [1.807, 2.05) is 54.6 Å². The first-order valence-electron chi connectivity index (χ1n) is 10.5. The highest BCUT2D eigenvalue weighted by Crippen LogP contribution is 2.36. The molecular weight excluding hydrogens is 390 g/mol. The summed E-state index contributed by atoms with van der Waals surface area (Å²) in [5.41, 5.74) is 3.57. The summed E-state index contributed by atoms with van der Waals surface area (Å²) in [5, 5.41) is 3.36. The van der Waals surface area contributed by atoms with E-state index >= 15 is 0 Å². The number of hydrogen-bond acceptors (Lipinski definition) is 5. The maximum atomic E-state index is 12.9. The van der Waals surface area contributed by atoms with Crippen LogP contribution in [0.25, 0.3) is 5.70 Å². The molecule has 31 heavy (non-hydrogen) atoms. The Hall–Kier alpha value is -3.73. The molecule has 0 aliphatic carbocycles. The van der Waals surface area contributed by atoms with Gasteiger partial charge < -0.3 is 19.5 Å². The predicted octanol–water partition coefficient (Wildman–Crippen LogP) is 5.01. The lowest BCUT2D eigenvalue weighted by Gasteiger charge is -2.23. The van der Waals surface area contributed by atoms with Crippen molar-refractivity contribution in [3.8, 4) is 23.0 Å². The molecule has 0 saturated heterocycles. The third-order valence-electron chi connectivity index (χ3n) is 5.37. The van der Waals surface area contributed by atoms with E-state index in [9.17, 15) is 4.79 Å². The minimum atomic E-state index is -0.0614. The number of para-hydroxylation sites is 1. The van der Waals surface area contributed by atoms with Crippen LogP contribution in [-0.4, -0.2) is 25.5 Å². The molecule has 0 bridgehead atoms. The van der Waals surface area contributed by atoms with Crippen LogP contribution >= 0.6 is 0 Å². The van der Waals surface area contributed by atoms with E-state index < -0.39 is 0 Å². The first kappa shape index (κ1) is 19.2. The van der Waals surface area contributed by atoms with Crippen LogP contribution in [0, 0.1) is 0 Å². The molecule has 1 N–H and O–H groups in total. The number of fused-ring (bicyclic) bond motifs is 2. The van der Waals surface area contributed by atoms with Crippen LogP contribution in [0.3, 0.4) is 0 Å². The molecule has 2 aliphatic heterocycles. The summed E-state index contributed by atoms with van der Waals surface area (Å²) in [6.45, 7) is 2.07. The summed E-state index contributed by atoms with van der Waals surface area (Å²) in [6.07, 6.45) is 3.40. The smallest absolute Gasteiger partial charge is 0.187 e. The first-order chi connectivity index (χ1) is 15.3. The number of allylic oxidation sites excluding steroid dienone is 1. The highest BCUT2D eigenvalue weighted by atomic mass is 16.5. The maximum Gasteiger partial charge on any atom is 0.187 e. The highest BCUT2D eigenvalue weighted by Gasteiger charge is 2.20. The lowest BCUT2D eigenvalue weighted by Crippen LogP contribution is -2.23. The third kappa shape index (κ3) is 4.26. The quantitative estimate of drug-likeness (QED) is 0.481. The first-order valence-corrected chi connectivity index (χ1v) is 10.5. The van der Waals surface area contributed by atoms with Crippen molar-refractivity contribution in [2.75, 3.05) is 19.8 Å². The molecule has 2 aliphatic rings. The Kier molecular flexibility index (Phi) is 5.31. The molecule has 2 heterocycles. The molecule has 3 aromatic carbocycles. The molecular formula is C26H23NO4. The van der Waals surface area contributed by atoms with Crippen molar-refractivity contribution >= 4 is 11.5 Å².